The normalized spacial score (nSPS) is 12.7. The molecule has 1 aromatic heterocycles. The molecule has 0 saturated carbocycles. The second-order valence-corrected chi connectivity index (χ2v) is 5.16. The topological polar surface area (TPSA) is 42.7 Å². The van der Waals surface area contributed by atoms with Gasteiger partial charge in [-0.1, -0.05) is 31.2 Å². The minimum atomic E-state index is 0.267. The van der Waals surface area contributed by atoms with Crippen LogP contribution >= 0.6 is 0 Å². The van der Waals surface area contributed by atoms with Gasteiger partial charge in [0, 0.05) is 0 Å². The van der Waals surface area contributed by atoms with Crippen LogP contribution in [0.5, 0.6) is 0 Å². The molecular formula is C16H24N4. The number of aromatic nitrogens is 3. The van der Waals surface area contributed by atoms with Gasteiger partial charge >= 0.3 is 0 Å². The standard InChI is InChI=1S/C16H24N4/c1-6-13(17-5)16-14(7-2)20(19-18-16)15-10-8-9-11(3)12(15)4/h8-10,13,17H,6-7H2,1-5H3. The monoisotopic (exact) mass is 272 g/mol. The molecule has 1 unspecified atom stereocenters. The fraction of sp³-hybridized carbons (Fsp3) is 0.500. The molecule has 0 aliphatic carbocycles. The van der Waals surface area contributed by atoms with Gasteiger partial charge in [0.2, 0.25) is 0 Å². The first-order chi connectivity index (χ1) is 9.63. The lowest BCUT2D eigenvalue weighted by Crippen LogP contribution is -2.17. The van der Waals surface area contributed by atoms with E-state index in [2.05, 4.69) is 61.5 Å². The van der Waals surface area contributed by atoms with E-state index in [9.17, 15) is 0 Å². The molecule has 1 N–H and O–H groups in total. The predicted molar refractivity (Wildman–Crippen MR) is 82.3 cm³/mol. The van der Waals surface area contributed by atoms with E-state index >= 15 is 0 Å². The number of hydrogen-bond donors (Lipinski definition) is 1. The van der Waals surface area contributed by atoms with E-state index in [1.54, 1.807) is 0 Å². The second kappa shape index (κ2) is 6.18. The highest BCUT2D eigenvalue weighted by Gasteiger charge is 2.19. The summed E-state index contributed by atoms with van der Waals surface area (Å²) < 4.78 is 2.00. The summed E-state index contributed by atoms with van der Waals surface area (Å²) in [5.41, 5.74) is 5.93. The first-order valence-electron chi connectivity index (χ1n) is 7.32. The summed E-state index contributed by atoms with van der Waals surface area (Å²) >= 11 is 0. The van der Waals surface area contributed by atoms with Crippen molar-refractivity contribution in [3.8, 4) is 5.69 Å². The van der Waals surface area contributed by atoms with Gasteiger partial charge < -0.3 is 5.32 Å². The van der Waals surface area contributed by atoms with Crippen LogP contribution in [0, 0.1) is 13.8 Å². The Labute approximate surface area is 121 Å². The van der Waals surface area contributed by atoms with E-state index in [1.165, 1.54) is 16.8 Å². The average Bonchev–Trinajstić information content (AvgIpc) is 2.87. The first kappa shape index (κ1) is 14.7. The maximum atomic E-state index is 4.43. The summed E-state index contributed by atoms with van der Waals surface area (Å²) in [7, 11) is 1.98. The average molecular weight is 272 g/mol. The minimum absolute atomic E-state index is 0.267. The molecule has 0 bridgehead atoms. The zero-order valence-corrected chi connectivity index (χ0v) is 13.1. The quantitative estimate of drug-likeness (QED) is 0.909. The predicted octanol–water partition coefficient (Wildman–Crippen LogP) is 3.12. The lowest BCUT2D eigenvalue weighted by molar-refractivity contribution is 0.555. The first-order valence-corrected chi connectivity index (χ1v) is 7.32. The molecule has 4 heteroatoms. The number of hydrogen-bond acceptors (Lipinski definition) is 3. The Bertz CT molecular complexity index is 582. The molecule has 108 valence electrons. The molecule has 20 heavy (non-hydrogen) atoms. The van der Waals surface area contributed by atoms with Crippen molar-refractivity contribution in [2.24, 2.45) is 0 Å². The SMILES string of the molecule is CCc1c(C(CC)NC)nnn1-c1cccc(C)c1C. The van der Waals surface area contributed by atoms with Crippen molar-refractivity contribution in [2.45, 2.75) is 46.6 Å². The van der Waals surface area contributed by atoms with Gasteiger partial charge in [0.25, 0.3) is 0 Å². The third-order valence-electron chi connectivity index (χ3n) is 4.02. The summed E-state index contributed by atoms with van der Waals surface area (Å²) in [4.78, 5) is 0. The summed E-state index contributed by atoms with van der Waals surface area (Å²) in [6, 6.07) is 6.59. The van der Waals surface area contributed by atoms with Crippen LogP contribution in [-0.4, -0.2) is 22.0 Å². The van der Waals surface area contributed by atoms with Crippen LogP contribution in [0.4, 0.5) is 0 Å². The fourth-order valence-electron chi connectivity index (χ4n) is 2.61. The van der Waals surface area contributed by atoms with Crippen LogP contribution in [-0.2, 0) is 6.42 Å². The van der Waals surface area contributed by atoms with Crippen molar-refractivity contribution in [1.29, 1.82) is 0 Å². The summed E-state index contributed by atoms with van der Waals surface area (Å²) in [5.74, 6) is 0. The van der Waals surface area contributed by atoms with Crippen molar-refractivity contribution in [3.05, 3.63) is 40.7 Å². The maximum absolute atomic E-state index is 4.43. The molecule has 1 atom stereocenters. The van der Waals surface area contributed by atoms with Crippen LogP contribution in [0.1, 0.15) is 48.8 Å². The Morgan fingerprint density at radius 1 is 1.25 bits per heavy atom. The molecule has 4 nitrogen and oxygen atoms in total. The van der Waals surface area contributed by atoms with E-state index in [1.807, 2.05) is 11.7 Å². The van der Waals surface area contributed by atoms with Gasteiger partial charge in [0.15, 0.2) is 0 Å². The molecule has 0 amide bonds. The molecule has 1 heterocycles. The largest absolute Gasteiger partial charge is 0.312 e. The molecule has 0 saturated heterocycles. The zero-order chi connectivity index (χ0) is 14.7. The molecule has 0 radical (unpaired) electrons. The Hall–Kier alpha value is -1.68. The van der Waals surface area contributed by atoms with E-state index in [0.29, 0.717) is 0 Å². The van der Waals surface area contributed by atoms with Gasteiger partial charge in [-0.3, -0.25) is 0 Å². The molecule has 0 spiro atoms. The van der Waals surface area contributed by atoms with E-state index in [-0.39, 0.29) is 6.04 Å². The molecule has 0 aliphatic rings. The van der Waals surface area contributed by atoms with Crippen LogP contribution in [0.2, 0.25) is 0 Å². The molecular weight excluding hydrogens is 248 g/mol. The zero-order valence-electron chi connectivity index (χ0n) is 13.1. The Morgan fingerprint density at radius 3 is 2.60 bits per heavy atom. The Balaban J connectivity index is 2.56. The highest BCUT2D eigenvalue weighted by atomic mass is 15.4. The third kappa shape index (κ3) is 2.48. The van der Waals surface area contributed by atoms with Gasteiger partial charge in [0.05, 0.1) is 17.4 Å². The smallest absolute Gasteiger partial charge is 0.103 e. The van der Waals surface area contributed by atoms with Crippen LogP contribution in [0.3, 0.4) is 0 Å². The van der Waals surface area contributed by atoms with Crippen molar-refractivity contribution in [1.82, 2.24) is 20.3 Å². The third-order valence-corrected chi connectivity index (χ3v) is 4.02. The number of rotatable bonds is 5. The van der Waals surface area contributed by atoms with Gasteiger partial charge in [-0.2, -0.15) is 0 Å². The van der Waals surface area contributed by atoms with Crippen molar-refractivity contribution in [2.75, 3.05) is 7.05 Å². The van der Waals surface area contributed by atoms with Gasteiger partial charge in [-0.25, -0.2) is 4.68 Å². The van der Waals surface area contributed by atoms with Crippen LogP contribution < -0.4 is 5.32 Å². The number of benzene rings is 1. The van der Waals surface area contributed by atoms with Gasteiger partial charge in [-0.15, -0.1) is 5.10 Å². The van der Waals surface area contributed by atoms with Crippen molar-refractivity contribution in [3.63, 3.8) is 0 Å². The summed E-state index contributed by atoms with van der Waals surface area (Å²) in [6.45, 7) is 8.59. The van der Waals surface area contributed by atoms with Crippen LogP contribution in [0.15, 0.2) is 18.2 Å². The number of nitrogens with one attached hydrogen (secondary N) is 1. The van der Waals surface area contributed by atoms with E-state index in [0.717, 1.165) is 24.2 Å². The van der Waals surface area contributed by atoms with Crippen molar-refractivity contribution >= 4 is 0 Å². The fourth-order valence-corrected chi connectivity index (χ4v) is 2.61. The van der Waals surface area contributed by atoms with E-state index < -0.39 is 0 Å². The van der Waals surface area contributed by atoms with Crippen LogP contribution in [0.25, 0.3) is 5.69 Å². The summed E-state index contributed by atoms with van der Waals surface area (Å²) in [5, 5.41) is 12.1. The van der Waals surface area contributed by atoms with Gasteiger partial charge in [-0.05, 0) is 50.9 Å². The highest BCUT2D eigenvalue weighted by molar-refractivity contribution is 5.45. The van der Waals surface area contributed by atoms with E-state index in [4.69, 9.17) is 0 Å². The lowest BCUT2D eigenvalue weighted by Gasteiger charge is -2.14. The highest BCUT2D eigenvalue weighted by Crippen LogP contribution is 2.24. The molecule has 0 aliphatic heterocycles. The van der Waals surface area contributed by atoms with Gasteiger partial charge in [0.1, 0.15) is 5.69 Å². The van der Waals surface area contributed by atoms with Crippen molar-refractivity contribution < 1.29 is 0 Å². The molecule has 0 fully saturated rings. The second-order valence-electron chi connectivity index (χ2n) is 5.16. The number of nitrogens with zero attached hydrogens (tertiary/aromatic N) is 3. The molecule has 1 aromatic carbocycles. The molecule has 2 aromatic rings. The summed E-state index contributed by atoms with van der Waals surface area (Å²) in [6.07, 6.45) is 1.93. The minimum Gasteiger partial charge on any atom is -0.312 e. The lowest BCUT2D eigenvalue weighted by atomic mass is 10.1. The number of aryl methyl sites for hydroxylation is 1. The molecule has 2 rings (SSSR count). The Morgan fingerprint density at radius 2 is 2.00 bits per heavy atom. The maximum Gasteiger partial charge on any atom is 0.103 e. The Kier molecular flexibility index (Phi) is 4.55.